The SMILES string of the molecule is CC(=O)N[S+]([O-])c1ccc([N+](=O)[O-])cc1. The molecule has 0 saturated heterocycles. The van der Waals surface area contributed by atoms with Crippen LogP contribution in [0.4, 0.5) is 5.69 Å². The van der Waals surface area contributed by atoms with Gasteiger partial charge in [-0.15, -0.1) is 0 Å². The van der Waals surface area contributed by atoms with Gasteiger partial charge in [0.15, 0.2) is 4.90 Å². The van der Waals surface area contributed by atoms with E-state index in [1.807, 2.05) is 0 Å². The summed E-state index contributed by atoms with van der Waals surface area (Å²) in [6, 6.07) is 5.14. The van der Waals surface area contributed by atoms with Gasteiger partial charge in [-0.2, -0.15) is 4.72 Å². The number of nitro benzene ring substituents is 1. The van der Waals surface area contributed by atoms with Crippen LogP contribution < -0.4 is 4.72 Å². The Morgan fingerprint density at radius 2 is 1.93 bits per heavy atom. The van der Waals surface area contributed by atoms with Crippen LogP contribution >= 0.6 is 0 Å². The summed E-state index contributed by atoms with van der Waals surface area (Å²) in [5, 5.41) is 10.3. The maximum atomic E-state index is 11.3. The van der Waals surface area contributed by atoms with Gasteiger partial charge in [0.25, 0.3) is 11.6 Å². The molecule has 1 N–H and O–H groups in total. The first-order valence-corrected chi connectivity index (χ1v) is 5.09. The number of carbonyl (C=O) groups excluding carboxylic acids is 1. The molecule has 15 heavy (non-hydrogen) atoms. The average Bonchev–Trinajstić information content (AvgIpc) is 2.17. The van der Waals surface area contributed by atoms with Gasteiger partial charge in [0.2, 0.25) is 0 Å². The molecule has 6 nitrogen and oxygen atoms in total. The van der Waals surface area contributed by atoms with E-state index in [2.05, 4.69) is 4.72 Å². The van der Waals surface area contributed by atoms with Crippen LogP contribution in [0.1, 0.15) is 6.92 Å². The standard InChI is InChI=1S/C8H8N2O4S/c1-6(11)9-15(14)8-4-2-7(3-5-8)10(12)13/h2-5H,1H3,(H,9,11). The summed E-state index contributed by atoms with van der Waals surface area (Å²) in [6.45, 7) is 1.24. The van der Waals surface area contributed by atoms with E-state index in [-0.39, 0.29) is 5.69 Å². The van der Waals surface area contributed by atoms with E-state index in [1.165, 1.54) is 31.2 Å². The lowest BCUT2D eigenvalue weighted by molar-refractivity contribution is -0.384. The van der Waals surface area contributed by atoms with E-state index in [0.717, 1.165) is 0 Å². The van der Waals surface area contributed by atoms with Crippen molar-refractivity contribution in [3.05, 3.63) is 34.4 Å². The number of hydrogen-bond acceptors (Lipinski definition) is 4. The van der Waals surface area contributed by atoms with E-state index < -0.39 is 22.2 Å². The van der Waals surface area contributed by atoms with Crippen molar-refractivity contribution in [2.24, 2.45) is 0 Å². The predicted octanol–water partition coefficient (Wildman–Crippen LogP) is 0.754. The monoisotopic (exact) mass is 228 g/mol. The second-order valence-electron chi connectivity index (χ2n) is 2.68. The van der Waals surface area contributed by atoms with Crippen LogP contribution in [-0.4, -0.2) is 15.4 Å². The molecule has 7 heteroatoms. The highest BCUT2D eigenvalue weighted by atomic mass is 32.2. The van der Waals surface area contributed by atoms with E-state index >= 15 is 0 Å². The second kappa shape index (κ2) is 4.76. The molecular formula is C8H8N2O4S. The fourth-order valence-corrected chi connectivity index (χ4v) is 1.64. The number of nitro groups is 1. The third kappa shape index (κ3) is 3.22. The van der Waals surface area contributed by atoms with Crippen molar-refractivity contribution in [2.75, 3.05) is 0 Å². The lowest BCUT2D eigenvalue weighted by atomic mass is 10.3. The van der Waals surface area contributed by atoms with Gasteiger partial charge in [-0.25, -0.2) is 0 Å². The second-order valence-corrected chi connectivity index (χ2v) is 3.89. The number of nitrogens with one attached hydrogen (secondary N) is 1. The van der Waals surface area contributed by atoms with Gasteiger partial charge in [-0.05, 0) is 0 Å². The Labute approximate surface area is 88.8 Å². The number of non-ortho nitro benzene ring substituents is 1. The summed E-state index contributed by atoms with van der Waals surface area (Å²) in [5.41, 5.74) is -0.0847. The smallest absolute Gasteiger partial charge is 0.269 e. The van der Waals surface area contributed by atoms with Crippen LogP contribution in [0.5, 0.6) is 0 Å². The Balaban J connectivity index is 2.79. The highest BCUT2D eigenvalue weighted by Gasteiger charge is 2.14. The molecule has 80 valence electrons. The first-order valence-electron chi connectivity index (χ1n) is 3.94. The van der Waals surface area contributed by atoms with E-state index in [9.17, 15) is 19.5 Å². The van der Waals surface area contributed by atoms with Gasteiger partial charge in [0.1, 0.15) is 11.4 Å². The number of hydrogen-bond donors (Lipinski definition) is 1. The molecule has 0 aliphatic rings. The quantitative estimate of drug-likeness (QED) is 0.469. The van der Waals surface area contributed by atoms with Crippen LogP contribution in [0.25, 0.3) is 0 Å². The van der Waals surface area contributed by atoms with Gasteiger partial charge >= 0.3 is 0 Å². The molecular weight excluding hydrogens is 220 g/mol. The molecule has 0 aliphatic heterocycles. The third-order valence-corrected chi connectivity index (χ3v) is 2.67. The van der Waals surface area contributed by atoms with Crippen molar-refractivity contribution in [3.8, 4) is 0 Å². The summed E-state index contributed by atoms with van der Waals surface area (Å²) in [6.07, 6.45) is 0. The molecule has 1 atom stereocenters. The Morgan fingerprint density at radius 1 is 1.40 bits per heavy atom. The van der Waals surface area contributed by atoms with E-state index in [1.54, 1.807) is 0 Å². The van der Waals surface area contributed by atoms with Crippen molar-refractivity contribution in [3.63, 3.8) is 0 Å². The lowest BCUT2D eigenvalue weighted by Gasteiger charge is -2.07. The molecule has 0 spiro atoms. The minimum absolute atomic E-state index is 0.0847. The van der Waals surface area contributed by atoms with Crippen molar-refractivity contribution in [1.29, 1.82) is 0 Å². The molecule has 0 aliphatic carbocycles. The zero-order chi connectivity index (χ0) is 11.4. The summed E-state index contributed by atoms with van der Waals surface area (Å²) in [5.74, 6) is -0.424. The van der Waals surface area contributed by atoms with Gasteiger partial charge in [0, 0.05) is 31.2 Å². The predicted molar refractivity (Wildman–Crippen MR) is 53.3 cm³/mol. The number of amides is 1. The van der Waals surface area contributed by atoms with Crippen LogP contribution in [0.3, 0.4) is 0 Å². The zero-order valence-electron chi connectivity index (χ0n) is 7.80. The van der Waals surface area contributed by atoms with E-state index in [4.69, 9.17) is 0 Å². The fourth-order valence-electron chi connectivity index (χ4n) is 0.881. The van der Waals surface area contributed by atoms with Gasteiger partial charge in [0.05, 0.1) is 4.92 Å². The summed E-state index contributed by atoms with van der Waals surface area (Å²) < 4.78 is 13.5. The molecule has 1 amide bonds. The Bertz CT molecular complexity index is 379. The van der Waals surface area contributed by atoms with Crippen LogP contribution in [0, 0.1) is 10.1 Å². The molecule has 0 fully saturated rings. The van der Waals surface area contributed by atoms with Gasteiger partial charge < -0.3 is 4.55 Å². The largest absolute Gasteiger partial charge is 0.588 e. The zero-order valence-corrected chi connectivity index (χ0v) is 8.61. The number of rotatable bonds is 3. The lowest BCUT2D eigenvalue weighted by Crippen LogP contribution is -2.28. The van der Waals surface area contributed by atoms with Crippen LogP contribution in [0.15, 0.2) is 29.2 Å². The highest BCUT2D eigenvalue weighted by molar-refractivity contribution is 7.90. The topological polar surface area (TPSA) is 95.3 Å². The number of nitrogens with zero attached hydrogens (tertiary/aromatic N) is 1. The molecule has 1 aromatic rings. The van der Waals surface area contributed by atoms with Crippen molar-refractivity contribution in [1.82, 2.24) is 4.72 Å². The molecule has 0 radical (unpaired) electrons. The Morgan fingerprint density at radius 3 is 2.33 bits per heavy atom. The maximum Gasteiger partial charge on any atom is 0.269 e. The normalized spacial score (nSPS) is 11.9. The molecule has 0 saturated carbocycles. The van der Waals surface area contributed by atoms with Crippen molar-refractivity contribution < 1.29 is 14.3 Å². The molecule has 1 rings (SSSR count). The van der Waals surface area contributed by atoms with Crippen LogP contribution in [0.2, 0.25) is 0 Å². The van der Waals surface area contributed by atoms with Gasteiger partial charge in [-0.1, -0.05) is 0 Å². The van der Waals surface area contributed by atoms with Crippen LogP contribution in [-0.2, 0) is 16.2 Å². The number of carbonyl (C=O) groups is 1. The third-order valence-electron chi connectivity index (χ3n) is 1.50. The summed E-state index contributed by atoms with van der Waals surface area (Å²) in [4.78, 5) is 20.7. The molecule has 1 aromatic carbocycles. The fraction of sp³-hybridized carbons (Fsp3) is 0.125. The highest BCUT2D eigenvalue weighted by Crippen LogP contribution is 2.15. The van der Waals surface area contributed by atoms with E-state index in [0.29, 0.717) is 4.90 Å². The van der Waals surface area contributed by atoms with Crippen molar-refractivity contribution in [2.45, 2.75) is 11.8 Å². The number of benzene rings is 1. The Kier molecular flexibility index (Phi) is 3.64. The Hall–Kier alpha value is -1.60. The minimum atomic E-state index is -1.66. The summed E-state index contributed by atoms with van der Waals surface area (Å²) >= 11 is -1.66. The molecule has 0 heterocycles. The summed E-state index contributed by atoms with van der Waals surface area (Å²) in [7, 11) is 0. The molecule has 1 unspecified atom stereocenters. The minimum Gasteiger partial charge on any atom is -0.588 e. The van der Waals surface area contributed by atoms with Gasteiger partial charge in [-0.3, -0.25) is 14.9 Å². The maximum absolute atomic E-state index is 11.3. The molecule has 0 aromatic heterocycles. The first kappa shape index (κ1) is 11.5. The van der Waals surface area contributed by atoms with Crippen molar-refractivity contribution >= 4 is 23.0 Å². The molecule has 0 bridgehead atoms. The first-order chi connectivity index (χ1) is 7.00. The average molecular weight is 228 g/mol.